The van der Waals surface area contributed by atoms with Gasteiger partial charge in [-0.1, -0.05) is 31.2 Å². The number of ketones is 1. The molecule has 2 aromatic rings. The molecule has 7 heteroatoms. The normalized spacial score (nSPS) is 11.3. The summed E-state index contributed by atoms with van der Waals surface area (Å²) in [6.07, 6.45) is 1.17. The monoisotopic (exact) mass is 305 g/mol. The first-order chi connectivity index (χ1) is 9.86. The molecule has 6 nitrogen and oxygen atoms in total. The van der Waals surface area contributed by atoms with Gasteiger partial charge in [-0.25, -0.2) is 18.4 Å². The van der Waals surface area contributed by atoms with Crippen molar-refractivity contribution in [2.45, 2.75) is 19.0 Å². The molecule has 2 N–H and O–H groups in total. The van der Waals surface area contributed by atoms with E-state index < -0.39 is 9.84 Å². The summed E-state index contributed by atoms with van der Waals surface area (Å²) >= 11 is 0. The zero-order valence-corrected chi connectivity index (χ0v) is 12.5. The molecule has 1 aromatic heterocycles. The summed E-state index contributed by atoms with van der Waals surface area (Å²) < 4.78 is 23.4. The van der Waals surface area contributed by atoms with Crippen molar-refractivity contribution >= 4 is 21.4 Å². The van der Waals surface area contributed by atoms with E-state index in [1.165, 1.54) is 13.1 Å². The minimum Gasteiger partial charge on any atom is -0.383 e. The fraction of sp³-hybridized carbons (Fsp3) is 0.214. The topological polar surface area (TPSA) is 103 Å². The van der Waals surface area contributed by atoms with Crippen molar-refractivity contribution in [1.29, 1.82) is 0 Å². The van der Waals surface area contributed by atoms with E-state index in [0.717, 1.165) is 5.56 Å². The molecule has 0 aliphatic carbocycles. The zero-order chi connectivity index (χ0) is 15.6. The molecular formula is C14H15N3O3S. The van der Waals surface area contributed by atoms with Gasteiger partial charge in [0, 0.05) is 11.8 Å². The van der Waals surface area contributed by atoms with Gasteiger partial charge in [-0.05, 0) is 12.5 Å². The van der Waals surface area contributed by atoms with Gasteiger partial charge in [0.05, 0.1) is 11.3 Å². The van der Waals surface area contributed by atoms with Crippen LogP contribution < -0.4 is 5.73 Å². The third-order valence-corrected chi connectivity index (χ3v) is 4.60. The van der Waals surface area contributed by atoms with Crippen LogP contribution in [0.5, 0.6) is 0 Å². The number of nitrogens with zero attached hydrogens (tertiary/aromatic N) is 2. The van der Waals surface area contributed by atoms with Crippen molar-refractivity contribution in [3.05, 3.63) is 47.2 Å². The molecule has 0 atom stereocenters. The van der Waals surface area contributed by atoms with Crippen LogP contribution in [-0.2, 0) is 9.84 Å². The lowest BCUT2D eigenvalue weighted by molar-refractivity contribution is 0.103. The molecule has 0 aliphatic heterocycles. The number of hydrogen-bond acceptors (Lipinski definition) is 6. The number of sulfone groups is 1. The number of carbonyl (C=O) groups excluding carboxylic acids is 1. The smallest absolute Gasteiger partial charge is 0.249 e. The molecule has 21 heavy (non-hydrogen) atoms. The highest BCUT2D eigenvalue weighted by molar-refractivity contribution is 7.91. The minimum absolute atomic E-state index is 0.0966. The molecule has 0 aliphatic rings. The number of nitrogens with two attached hydrogens (primary N) is 1. The average Bonchev–Trinajstić information content (AvgIpc) is 2.47. The summed E-state index contributed by atoms with van der Waals surface area (Å²) in [5, 5.41) is -0.358. The molecular weight excluding hydrogens is 290 g/mol. The molecule has 0 spiro atoms. The third kappa shape index (κ3) is 2.92. The van der Waals surface area contributed by atoms with Crippen LogP contribution in [0.3, 0.4) is 0 Å². The minimum atomic E-state index is -3.55. The van der Waals surface area contributed by atoms with Crippen molar-refractivity contribution < 1.29 is 13.2 Å². The van der Waals surface area contributed by atoms with Gasteiger partial charge in [-0.3, -0.25) is 4.79 Å². The number of rotatable bonds is 4. The van der Waals surface area contributed by atoms with E-state index in [-0.39, 0.29) is 28.1 Å². The summed E-state index contributed by atoms with van der Waals surface area (Å²) in [5.74, 6) is -0.589. The molecule has 0 amide bonds. The van der Waals surface area contributed by atoms with E-state index >= 15 is 0 Å². The molecule has 0 bridgehead atoms. The predicted molar refractivity (Wildman–Crippen MR) is 78.8 cm³/mol. The van der Waals surface area contributed by atoms with E-state index in [0.29, 0.717) is 5.56 Å². The number of aryl methyl sites for hydroxylation is 1. The van der Waals surface area contributed by atoms with Gasteiger partial charge in [0.25, 0.3) is 0 Å². The van der Waals surface area contributed by atoms with Crippen molar-refractivity contribution in [3.8, 4) is 0 Å². The number of anilines is 1. The second kappa shape index (κ2) is 5.61. The second-order valence-electron chi connectivity index (χ2n) is 4.50. The van der Waals surface area contributed by atoms with Crippen LogP contribution in [0.25, 0.3) is 0 Å². The Morgan fingerprint density at radius 1 is 1.24 bits per heavy atom. The Balaban J connectivity index is 2.48. The van der Waals surface area contributed by atoms with Gasteiger partial charge in [-0.15, -0.1) is 0 Å². The van der Waals surface area contributed by atoms with E-state index in [4.69, 9.17) is 5.73 Å². The highest BCUT2D eigenvalue weighted by Gasteiger charge is 2.20. The average molecular weight is 305 g/mol. The number of carbonyl (C=O) groups is 1. The van der Waals surface area contributed by atoms with Crippen LogP contribution in [0.1, 0.15) is 28.4 Å². The van der Waals surface area contributed by atoms with Crippen molar-refractivity contribution in [3.63, 3.8) is 0 Å². The largest absolute Gasteiger partial charge is 0.383 e. The summed E-state index contributed by atoms with van der Waals surface area (Å²) in [6, 6.07) is 7.05. The van der Waals surface area contributed by atoms with Gasteiger partial charge < -0.3 is 5.73 Å². The molecule has 0 saturated heterocycles. The zero-order valence-electron chi connectivity index (χ0n) is 11.7. The quantitative estimate of drug-likeness (QED) is 0.676. The SMILES string of the molecule is CCS(=O)(=O)c1ncc(C(=O)c2ccccc2C)c(N)n1. The Morgan fingerprint density at radius 2 is 1.90 bits per heavy atom. The van der Waals surface area contributed by atoms with Crippen LogP contribution in [-0.4, -0.2) is 29.9 Å². The summed E-state index contributed by atoms with van der Waals surface area (Å²) in [6.45, 7) is 3.29. The summed E-state index contributed by atoms with van der Waals surface area (Å²) in [7, 11) is -3.55. The number of aromatic nitrogens is 2. The van der Waals surface area contributed by atoms with Crippen molar-refractivity contribution in [2.24, 2.45) is 0 Å². The fourth-order valence-corrected chi connectivity index (χ4v) is 2.51. The Morgan fingerprint density at radius 3 is 2.48 bits per heavy atom. The van der Waals surface area contributed by atoms with E-state index in [1.807, 2.05) is 6.07 Å². The van der Waals surface area contributed by atoms with E-state index in [2.05, 4.69) is 9.97 Å². The molecule has 1 heterocycles. The molecule has 0 saturated carbocycles. The lowest BCUT2D eigenvalue weighted by Gasteiger charge is -2.07. The highest BCUT2D eigenvalue weighted by Crippen LogP contribution is 2.18. The Bertz CT molecular complexity index is 801. The van der Waals surface area contributed by atoms with Gasteiger partial charge in [-0.2, -0.15) is 0 Å². The lowest BCUT2D eigenvalue weighted by atomic mass is 10.0. The predicted octanol–water partition coefficient (Wildman–Crippen LogP) is 1.39. The van der Waals surface area contributed by atoms with Crippen LogP contribution in [0, 0.1) is 6.92 Å². The van der Waals surface area contributed by atoms with Gasteiger partial charge in [0.1, 0.15) is 5.82 Å². The van der Waals surface area contributed by atoms with E-state index in [1.54, 1.807) is 25.1 Å². The molecule has 0 fully saturated rings. The Kier molecular flexibility index (Phi) is 4.04. The van der Waals surface area contributed by atoms with Crippen molar-refractivity contribution in [1.82, 2.24) is 9.97 Å². The number of benzene rings is 1. The van der Waals surface area contributed by atoms with Crippen LogP contribution in [0.2, 0.25) is 0 Å². The third-order valence-electron chi connectivity index (χ3n) is 3.09. The first-order valence-corrected chi connectivity index (χ1v) is 7.97. The van der Waals surface area contributed by atoms with Gasteiger partial charge in [0.2, 0.25) is 15.0 Å². The van der Waals surface area contributed by atoms with Crippen LogP contribution in [0.4, 0.5) is 5.82 Å². The maximum absolute atomic E-state index is 12.4. The summed E-state index contributed by atoms with van der Waals surface area (Å²) in [5.41, 5.74) is 7.10. The second-order valence-corrected chi connectivity index (χ2v) is 6.67. The lowest BCUT2D eigenvalue weighted by Crippen LogP contribution is -2.14. The molecule has 0 radical (unpaired) electrons. The number of hydrogen-bond donors (Lipinski definition) is 1. The molecule has 2 rings (SSSR count). The Labute approximate surface area is 123 Å². The van der Waals surface area contributed by atoms with Crippen molar-refractivity contribution in [2.75, 3.05) is 11.5 Å². The highest BCUT2D eigenvalue weighted by atomic mass is 32.2. The fourth-order valence-electron chi connectivity index (χ4n) is 1.80. The van der Waals surface area contributed by atoms with E-state index in [9.17, 15) is 13.2 Å². The first-order valence-electron chi connectivity index (χ1n) is 6.32. The molecule has 110 valence electrons. The van der Waals surface area contributed by atoms with Crippen LogP contribution in [0.15, 0.2) is 35.6 Å². The number of nitrogen functional groups attached to an aromatic ring is 1. The first kappa shape index (κ1) is 15.1. The standard InChI is InChI=1S/C14H15N3O3S/c1-3-21(19,20)14-16-8-11(13(15)17-14)12(18)10-7-5-4-6-9(10)2/h4-8H,3H2,1-2H3,(H2,15,16,17). The van der Waals surface area contributed by atoms with Crippen LogP contribution >= 0.6 is 0 Å². The van der Waals surface area contributed by atoms with Gasteiger partial charge >= 0.3 is 0 Å². The van der Waals surface area contributed by atoms with Gasteiger partial charge in [0.15, 0.2) is 5.78 Å². The maximum atomic E-state index is 12.4. The molecule has 0 unspecified atom stereocenters. The Hall–Kier alpha value is -2.28. The molecule has 1 aromatic carbocycles. The summed E-state index contributed by atoms with van der Waals surface area (Å²) in [4.78, 5) is 19.9. The maximum Gasteiger partial charge on any atom is 0.249 e.